The minimum atomic E-state index is -0.214. The summed E-state index contributed by atoms with van der Waals surface area (Å²) >= 11 is 3.30. The molecule has 3 rings (SSSR count). The summed E-state index contributed by atoms with van der Waals surface area (Å²) in [5.74, 6) is 0.419. The Morgan fingerprint density at radius 2 is 2.24 bits per heavy atom. The first-order valence-corrected chi connectivity index (χ1v) is 6.91. The summed E-state index contributed by atoms with van der Waals surface area (Å²) < 4.78 is 2.40. The zero-order chi connectivity index (χ0) is 14.8. The van der Waals surface area contributed by atoms with Gasteiger partial charge in [0.05, 0.1) is 0 Å². The number of carbonyl (C=O) groups is 1. The van der Waals surface area contributed by atoms with Crippen LogP contribution in [0.4, 0.5) is 5.69 Å². The third kappa shape index (κ3) is 2.84. The Labute approximate surface area is 128 Å². The van der Waals surface area contributed by atoms with Crippen molar-refractivity contribution in [3.8, 4) is 11.4 Å². The summed E-state index contributed by atoms with van der Waals surface area (Å²) in [6.45, 7) is 0. The third-order valence-electron chi connectivity index (χ3n) is 2.89. The van der Waals surface area contributed by atoms with Crippen LogP contribution in [0.25, 0.3) is 11.4 Å². The van der Waals surface area contributed by atoms with E-state index in [9.17, 15) is 4.79 Å². The molecule has 0 unspecified atom stereocenters. The van der Waals surface area contributed by atoms with Gasteiger partial charge in [-0.2, -0.15) is 0 Å². The first-order valence-electron chi connectivity index (χ1n) is 6.11. The summed E-state index contributed by atoms with van der Waals surface area (Å²) in [4.78, 5) is 15.0. The van der Waals surface area contributed by atoms with Crippen LogP contribution in [-0.2, 0) is 7.05 Å². The molecule has 0 saturated carbocycles. The van der Waals surface area contributed by atoms with E-state index in [1.165, 1.54) is 0 Å². The van der Waals surface area contributed by atoms with Gasteiger partial charge in [-0.05, 0) is 44.6 Å². The number of hydrogen-bond acceptors (Lipinski definition) is 4. The van der Waals surface area contributed by atoms with Crippen LogP contribution < -0.4 is 5.32 Å². The van der Waals surface area contributed by atoms with Crippen LogP contribution in [0.5, 0.6) is 0 Å². The molecule has 0 aliphatic heterocycles. The number of halogens is 1. The smallest absolute Gasteiger partial charge is 0.272 e. The van der Waals surface area contributed by atoms with Gasteiger partial charge in [-0.3, -0.25) is 4.79 Å². The van der Waals surface area contributed by atoms with Crippen molar-refractivity contribution < 1.29 is 4.79 Å². The monoisotopic (exact) mass is 346 g/mol. The van der Waals surface area contributed by atoms with Crippen LogP contribution in [0.2, 0.25) is 0 Å². The van der Waals surface area contributed by atoms with Crippen molar-refractivity contribution in [3.05, 3.63) is 46.7 Å². The van der Waals surface area contributed by atoms with Gasteiger partial charge in [0.25, 0.3) is 5.91 Å². The van der Waals surface area contributed by atoms with Crippen molar-refractivity contribution in [2.24, 2.45) is 7.05 Å². The highest BCUT2D eigenvalue weighted by molar-refractivity contribution is 9.10. The lowest BCUT2D eigenvalue weighted by Crippen LogP contribution is -2.12. The van der Waals surface area contributed by atoms with Crippen molar-refractivity contribution >= 4 is 27.5 Å². The van der Waals surface area contributed by atoms with Crippen LogP contribution in [0.1, 0.15) is 10.5 Å². The Hall–Kier alpha value is -2.48. The van der Waals surface area contributed by atoms with Crippen LogP contribution in [-0.4, -0.2) is 31.1 Å². The summed E-state index contributed by atoms with van der Waals surface area (Å²) in [6, 6.07) is 9.06. The van der Waals surface area contributed by atoms with Crippen molar-refractivity contribution in [2.75, 3.05) is 5.32 Å². The fourth-order valence-electron chi connectivity index (χ4n) is 1.91. The second-order valence-electron chi connectivity index (χ2n) is 4.39. The van der Waals surface area contributed by atoms with E-state index in [0.717, 1.165) is 10.0 Å². The number of carbonyl (C=O) groups excluding carboxylic acids is 1. The maximum atomic E-state index is 12.1. The van der Waals surface area contributed by atoms with Gasteiger partial charge in [0, 0.05) is 29.0 Å². The molecule has 0 atom stereocenters. The fourth-order valence-corrected chi connectivity index (χ4v) is 2.25. The molecule has 21 heavy (non-hydrogen) atoms. The average Bonchev–Trinajstić information content (AvgIpc) is 3.08. The van der Waals surface area contributed by atoms with Gasteiger partial charge >= 0.3 is 0 Å². The summed E-state index contributed by atoms with van der Waals surface area (Å²) in [5, 5.41) is 14.2. The first kappa shape index (κ1) is 13.5. The number of tetrazole rings is 1. The lowest BCUT2D eigenvalue weighted by molar-refractivity contribution is 0.102. The number of aryl methyl sites for hydroxylation is 1. The Morgan fingerprint density at radius 1 is 1.38 bits per heavy atom. The average molecular weight is 347 g/mol. The van der Waals surface area contributed by atoms with Crippen LogP contribution in [0.3, 0.4) is 0 Å². The van der Waals surface area contributed by atoms with Gasteiger partial charge in [-0.15, -0.1) is 5.10 Å². The zero-order valence-electron chi connectivity index (χ0n) is 11.0. The van der Waals surface area contributed by atoms with E-state index in [1.807, 2.05) is 24.3 Å². The van der Waals surface area contributed by atoms with Gasteiger partial charge in [0.15, 0.2) is 5.82 Å². The van der Waals surface area contributed by atoms with Crippen LogP contribution in [0, 0.1) is 0 Å². The quantitative estimate of drug-likeness (QED) is 0.760. The molecule has 0 aliphatic rings. The van der Waals surface area contributed by atoms with Gasteiger partial charge in [-0.1, -0.05) is 12.1 Å². The summed E-state index contributed by atoms with van der Waals surface area (Å²) in [7, 11) is 1.76. The lowest BCUT2D eigenvalue weighted by Gasteiger charge is -2.06. The molecule has 1 aromatic carbocycles. The van der Waals surface area contributed by atoms with E-state index >= 15 is 0 Å². The summed E-state index contributed by atoms with van der Waals surface area (Å²) in [5.41, 5.74) is 1.98. The Balaban J connectivity index is 1.84. The fraction of sp³-hybridized carbons (Fsp3) is 0.0769. The molecular weight excluding hydrogens is 336 g/mol. The van der Waals surface area contributed by atoms with E-state index < -0.39 is 0 Å². The highest BCUT2D eigenvalue weighted by Gasteiger charge is 2.10. The number of aromatic amines is 1. The molecule has 7 nitrogen and oxygen atoms in total. The van der Waals surface area contributed by atoms with E-state index in [1.54, 1.807) is 24.0 Å². The van der Waals surface area contributed by atoms with Crippen molar-refractivity contribution in [2.45, 2.75) is 0 Å². The maximum Gasteiger partial charge on any atom is 0.272 e. The van der Waals surface area contributed by atoms with Crippen molar-refractivity contribution in [1.82, 2.24) is 25.2 Å². The molecule has 3 aromatic rings. The Morgan fingerprint density at radius 3 is 2.90 bits per heavy atom. The molecule has 0 radical (unpaired) electrons. The highest BCUT2D eigenvalue weighted by Crippen LogP contribution is 2.20. The SMILES string of the molecule is Cn1nnnc1-c1cccc(NC(=O)c2cc(Br)c[nH]2)c1. The number of aromatic nitrogens is 5. The van der Waals surface area contributed by atoms with E-state index in [2.05, 4.69) is 41.8 Å². The van der Waals surface area contributed by atoms with Gasteiger partial charge in [0.1, 0.15) is 5.69 Å². The zero-order valence-corrected chi connectivity index (χ0v) is 12.6. The standard InChI is InChI=1S/C13H11BrN6O/c1-20-12(17-18-19-20)8-3-2-4-10(5-8)16-13(21)11-6-9(14)7-15-11/h2-7,15H,1H3,(H,16,21). The van der Waals surface area contributed by atoms with E-state index in [4.69, 9.17) is 0 Å². The number of rotatable bonds is 3. The topological polar surface area (TPSA) is 88.5 Å². The molecule has 1 amide bonds. The summed E-state index contributed by atoms with van der Waals surface area (Å²) in [6.07, 6.45) is 1.70. The third-order valence-corrected chi connectivity index (χ3v) is 3.35. The number of amides is 1. The van der Waals surface area contributed by atoms with Crippen LogP contribution in [0.15, 0.2) is 41.0 Å². The number of nitrogens with one attached hydrogen (secondary N) is 2. The number of nitrogens with zero attached hydrogens (tertiary/aromatic N) is 4. The normalized spacial score (nSPS) is 10.6. The predicted octanol–water partition coefficient (Wildman–Crippen LogP) is 2.22. The molecule has 0 bridgehead atoms. The molecule has 0 saturated heterocycles. The van der Waals surface area contributed by atoms with E-state index in [-0.39, 0.29) is 5.91 Å². The Bertz CT molecular complexity index is 793. The minimum Gasteiger partial charge on any atom is -0.356 e. The number of H-pyrrole nitrogens is 1. The molecule has 2 N–H and O–H groups in total. The van der Waals surface area contributed by atoms with Crippen molar-refractivity contribution in [3.63, 3.8) is 0 Å². The van der Waals surface area contributed by atoms with Gasteiger partial charge < -0.3 is 10.3 Å². The minimum absolute atomic E-state index is 0.214. The van der Waals surface area contributed by atoms with Gasteiger partial charge in [-0.25, -0.2) is 4.68 Å². The molecule has 2 aromatic heterocycles. The van der Waals surface area contributed by atoms with Crippen molar-refractivity contribution in [1.29, 1.82) is 0 Å². The number of benzene rings is 1. The predicted molar refractivity (Wildman–Crippen MR) is 80.7 cm³/mol. The second-order valence-corrected chi connectivity index (χ2v) is 5.31. The molecule has 2 heterocycles. The molecule has 0 spiro atoms. The van der Waals surface area contributed by atoms with E-state index in [0.29, 0.717) is 17.2 Å². The molecule has 106 valence electrons. The Kier molecular flexibility index (Phi) is 3.53. The van der Waals surface area contributed by atoms with Gasteiger partial charge in [0.2, 0.25) is 0 Å². The maximum absolute atomic E-state index is 12.1. The first-order chi connectivity index (χ1) is 10.1. The highest BCUT2D eigenvalue weighted by atomic mass is 79.9. The number of hydrogen-bond donors (Lipinski definition) is 2. The molecule has 0 fully saturated rings. The molecule has 0 aliphatic carbocycles. The largest absolute Gasteiger partial charge is 0.356 e. The molecule has 8 heteroatoms. The molecular formula is C13H11BrN6O. The number of anilines is 1. The second kappa shape index (κ2) is 5.49. The van der Waals surface area contributed by atoms with Crippen LogP contribution >= 0.6 is 15.9 Å². The lowest BCUT2D eigenvalue weighted by atomic mass is 10.2.